The van der Waals surface area contributed by atoms with E-state index < -0.39 is 5.82 Å². The Kier molecular flexibility index (Phi) is 4.44. The van der Waals surface area contributed by atoms with Gasteiger partial charge in [0.15, 0.2) is 5.82 Å². The van der Waals surface area contributed by atoms with Gasteiger partial charge in [-0.3, -0.25) is 0 Å². The van der Waals surface area contributed by atoms with Gasteiger partial charge in [0.25, 0.3) is 0 Å². The largest absolute Gasteiger partial charge is 0.507 e. The van der Waals surface area contributed by atoms with E-state index in [0.717, 1.165) is 31.3 Å². The molecule has 1 aromatic carbocycles. The molecule has 8 heteroatoms. The first-order valence-electron chi connectivity index (χ1n) is 10.4. The number of piperidine rings is 1. The van der Waals surface area contributed by atoms with Crippen LogP contribution in [0.15, 0.2) is 43.6 Å². The molecule has 2 saturated heterocycles. The van der Waals surface area contributed by atoms with E-state index in [0.29, 0.717) is 11.6 Å². The molecule has 31 heavy (non-hydrogen) atoms. The van der Waals surface area contributed by atoms with Gasteiger partial charge in [0, 0.05) is 29.5 Å². The van der Waals surface area contributed by atoms with Crippen LogP contribution in [0.25, 0.3) is 22.6 Å². The molecule has 1 unspecified atom stereocenters. The summed E-state index contributed by atoms with van der Waals surface area (Å²) in [5.41, 5.74) is 2.20. The number of aromatic hydroxyl groups is 1. The molecule has 3 atom stereocenters. The lowest BCUT2D eigenvalue weighted by atomic mass is 9.76. The average molecular weight is 420 g/mol. The van der Waals surface area contributed by atoms with Crippen LogP contribution in [0.2, 0.25) is 0 Å². The van der Waals surface area contributed by atoms with Crippen molar-refractivity contribution in [2.24, 2.45) is 5.92 Å². The summed E-state index contributed by atoms with van der Waals surface area (Å²) in [6, 6.07) is 2.54. The molecular weight excluding hydrogens is 395 g/mol. The van der Waals surface area contributed by atoms with E-state index in [4.69, 9.17) is 0 Å². The van der Waals surface area contributed by atoms with E-state index in [1.54, 1.807) is 12.4 Å². The van der Waals surface area contributed by atoms with Crippen LogP contribution in [0.3, 0.4) is 0 Å². The fourth-order valence-corrected chi connectivity index (χ4v) is 5.20. The molecule has 0 radical (unpaired) electrons. The molecule has 5 rings (SSSR count). The molecule has 7 nitrogen and oxygen atoms in total. The zero-order valence-corrected chi connectivity index (χ0v) is 17.6. The average Bonchev–Trinajstić information content (AvgIpc) is 3.34. The summed E-state index contributed by atoms with van der Waals surface area (Å²) in [5, 5.41) is 22.7. The first-order valence-corrected chi connectivity index (χ1v) is 10.4. The number of rotatable bonds is 4. The number of aromatic nitrogens is 5. The normalized spacial score (nSPS) is 27.4. The van der Waals surface area contributed by atoms with E-state index in [1.165, 1.54) is 29.2 Å². The van der Waals surface area contributed by atoms with Gasteiger partial charge in [0.05, 0.1) is 23.8 Å². The smallest absolute Gasteiger partial charge is 0.185 e. The molecule has 4 heterocycles. The van der Waals surface area contributed by atoms with Crippen LogP contribution >= 0.6 is 0 Å². The van der Waals surface area contributed by atoms with Crippen molar-refractivity contribution < 1.29 is 9.50 Å². The van der Waals surface area contributed by atoms with E-state index in [9.17, 15) is 9.50 Å². The van der Waals surface area contributed by atoms with Crippen LogP contribution in [0.5, 0.6) is 5.75 Å². The van der Waals surface area contributed by atoms with Crippen LogP contribution in [-0.2, 0) is 0 Å². The monoisotopic (exact) mass is 420 g/mol. The molecule has 2 aliphatic rings. The lowest BCUT2D eigenvalue weighted by molar-refractivity contribution is 0.201. The molecule has 2 bridgehead atoms. The van der Waals surface area contributed by atoms with Crippen molar-refractivity contribution in [3.8, 4) is 22.8 Å². The van der Waals surface area contributed by atoms with Crippen molar-refractivity contribution in [1.82, 2.24) is 30.0 Å². The van der Waals surface area contributed by atoms with E-state index in [2.05, 4.69) is 45.9 Å². The number of imidazole rings is 1. The second kappa shape index (κ2) is 6.95. The Morgan fingerprint density at radius 1 is 1.23 bits per heavy atom. The summed E-state index contributed by atoms with van der Waals surface area (Å²) in [7, 11) is 0. The fourth-order valence-electron chi connectivity index (χ4n) is 5.20. The maximum Gasteiger partial charge on any atom is 0.185 e. The highest BCUT2D eigenvalue weighted by Crippen LogP contribution is 2.47. The molecule has 2 aromatic heterocycles. The highest BCUT2D eigenvalue weighted by Gasteiger charge is 2.49. The molecule has 3 aromatic rings. The van der Waals surface area contributed by atoms with Crippen molar-refractivity contribution in [2.45, 2.75) is 50.6 Å². The van der Waals surface area contributed by atoms with Crippen LogP contribution in [0, 0.1) is 11.7 Å². The highest BCUT2D eigenvalue weighted by molar-refractivity contribution is 5.67. The second-order valence-electron chi connectivity index (χ2n) is 9.33. The summed E-state index contributed by atoms with van der Waals surface area (Å²) >= 11 is 0. The quantitative estimate of drug-likeness (QED) is 0.666. The summed E-state index contributed by atoms with van der Waals surface area (Å²) < 4.78 is 16.1. The minimum absolute atomic E-state index is 0.127. The zero-order chi connectivity index (χ0) is 21.8. The first-order chi connectivity index (χ1) is 14.8. The van der Waals surface area contributed by atoms with Gasteiger partial charge in [-0.2, -0.15) is 0 Å². The molecule has 2 N–H and O–H groups in total. The standard InChI is InChI=1S/C23H25FN6O/c1-14(15-10-22(2)4-5-23(3,11-15)29-22)18-12-26-21(28-27-18)16-8-17(24)19(9-20(16)31)30-7-6-25-13-30/h6-9,12-13,15,29,31H,1,4-5,10-11H2,2-3H3/t15?,22-,23+. The van der Waals surface area contributed by atoms with Crippen LogP contribution in [0.1, 0.15) is 45.2 Å². The summed E-state index contributed by atoms with van der Waals surface area (Å²) in [5.74, 6) is -0.181. The molecule has 0 aliphatic carbocycles. The molecular formula is C23H25FN6O. The Morgan fingerprint density at radius 3 is 2.58 bits per heavy atom. The van der Waals surface area contributed by atoms with E-state index in [1.807, 2.05) is 0 Å². The van der Waals surface area contributed by atoms with Crippen LogP contribution < -0.4 is 5.32 Å². The van der Waals surface area contributed by atoms with Crippen molar-refractivity contribution in [2.75, 3.05) is 0 Å². The third-order valence-electron chi connectivity index (χ3n) is 6.70. The number of fused-ring (bicyclic) bond motifs is 2. The Labute approximate surface area is 180 Å². The minimum atomic E-state index is -0.519. The van der Waals surface area contributed by atoms with Crippen LogP contribution in [-0.4, -0.2) is 40.9 Å². The molecule has 160 valence electrons. The van der Waals surface area contributed by atoms with Gasteiger partial charge in [-0.25, -0.2) is 14.4 Å². The highest BCUT2D eigenvalue weighted by atomic mass is 19.1. The lowest BCUT2D eigenvalue weighted by Gasteiger charge is -2.42. The Morgan fingerprint density at radius 2 is 1.97 bits per heavy atom. The SMILES string of the molecule is C=C(c1cnc(-c2cc(F)c(-n3ccnc3)cc2O)nn1)C1C[C@]2(C)CC[C@](C)(C1)N2. The number of nitrogens with one attached hydrogen (secondary N) is 1. The second-order valence-corrected chi connectivity index (χ2v) is 9.33. The first kappa shape index (κ1) is 19.8. The summed E-state index contributed by atoms with van der Waals surface area (Å²) in [4.78, 5) is 8.26. The van der Waals surface area contributed by atoms with Crippen molar-refractivity contribution >= 4 is 5.57 Å². The Hall–Kier alpha value is -3.13. The van der Waals surface area contributed by atoms with E-state index >= 15 is 0 Å². The molecule has 2 fully saturated rings. The fraction of sp³-hybridized carbons (Fsp3) is 0.391. The third-order valence-corrected chi connectivity index (χ3v) is 6.70. The molecule has 0 amide bonds. The number of allylic oxidation sites excluding steroid dienone is 1. The number of phenols is 1. The lowest BCUT2D eigenvalue weighted by Crippen LogP contribution is -2.53. The number of halogens is 1. The van der Waals surface area contributed by atoms with E-state index in [-0.39, 0.29) is 33.9 Å². The number of phenolic OH excluding ortho intramolecular Hbond substituents is 1. The predicted molar refractivity (Wildman–Crippen MR) is 115 cm³/mol. The number of nitrogens with zero attached hydrogens (tertiary/aromatic N) is 5. The number of hydrogen-bond acceptors (Lipinski definition) is 6. The van der Waals surface area contributed by atoms with Gasteiger partial charge < -0.3 is 15.0 Å². The zero-order valence-electron chi connectivity index (χ0n) is 17.6. The van der Waals surface area contributed by atoms with Gasteiger partial charge >= 0.3 is 0 Å². The summed E-state index contributed by atoms with van der Waals surface area (Å²) in [6.45, 7) is 8.84. The third kappa shape index (κ3) is 3.50. The Balaban J connectivity index is 1.39. The minimum Gasteiger partial charge on any atom is -0.507 e. The number of hydrogen-bond donors (Lipinski definition) is 2. The van der Waals surface area contributed by atoms with Gasteiger partial charge in [0.1, 0.15) is 17.3 Å². The molecule has 2 aliphatic heterocycles. The van der Waals surface area contributed by atoms with Gasteiger partial charge in [0.2, 0.25) is 0 Å². The van der Waals surface area contributed by atoms with Crippen molar-refractivity contribution in [1.29, 1.82) is 0 Å². The van der Waals surface area contributed by atoms with Gasteiger partial charge in [-0.05, 0) is 57.1 Å². The van der Waals surface area contributed by atoms with Gasteiger partial charge in [-0.15, -0.1) is 10.2 Å². The van der Waals surface area contributed by atoms with Gasteiger partial charge in [-0.1, -0.05) is 6.58 Å². The topological polar surface area (TPSA) is 88.8 Å². The summed E-state index contributed by atoms with van der Waals surface area (Å²) in [6.07, 6.45) is 10.6. The predicted octanol–water partition coefficient (Wildman–Crippen LogP) is 3.89. The molecule has 0 saturated carbocycles. The van der Waals surface area contributed by atoms with Crippen molar-refractivity contribution in [3.63, 3.8) is 0 Å². The number of benzene rings is 1. The van der Waals surface area contributed by atoms with Crippen molar-refractivity contribution in [3.05, 3.63) is 55.1 Å². The maximum atomic E-state index is 14.6. The molecule has 0 spiro atoms. The Bertz CT molecular complexity index is 1130. The maximum absolute atomic E-state index is 14.6. The van der Waals surface area contributed by atoms with Crippen LogP contribution in [0.4, 0.5) is 4.39 Å².